The summed E-state index contributed by atoms with van der Waals surface area (Å²) < 4.78 is 2.58. The third kappa shape index (κ3) is 1.92. The van der Waals surface area contributed by atoms with Crippen LogP contribution in [0.3, 0.4) is 0 Å². The molecule has 1 aromatic heterocycles. The monoisotopic (exact) mass is 264 g/mol. The van der Waals surface area contributed by atoms with Crippen molar-refractivity contribution in [3.05, 3.63) is 46.7 Å². The van der Waals surface area contributed by atoms with E-state index in [0.717, 1.165) is 10.2 Å². The van der Waals surface area contributed by atoms with Gasteiger partial charge in [0, 0.05) is 22.4 Å². The van der Waals surface area contributed by atoms with Gasteiger partial charge < -0.3 is 5.73 Å². The van der Waals surface area contributed by atoms with E-state index in [1.54, 1.807) is 16.9 Å². The van der Waals surface area contributed by atoms with E-state index in [9.17, 15) is 0 Å². The summed E-state index contributed by atoms with van der Waals surface area (Å²) in [6.07, 6.45) is 3.50. The minimum Gasteiger partial charge on any atom is -0.384 e. The molecular formula is C10H9BrN4. The molecule has 0 unspecified atom stereocenters. The van der Waals surface area contributed by atoms with Crippen LogP contribution in [0.4, 0.5) is 0 Å². The van der Waals surface area contributed by atoms with Gasteiger partial charge in [0.25, 0.3) is 0 Å². The summed E-state index contributed by atoms with van der Waals surface area (Å²) in [6, 6.07) is 7.39. The van der Waals surface area contributed by atoms with E-state index < -0.39 is 0 Å². The van der Waals surface area contributed by atoms with Gasteiger partial charge in [0.05, 0.1) is 5.69 Å². The molecule has 0 radical (unpaired) electrons. The van der Waals surface area contributed by atoms with Crippen molar-refractivity contribution in [1.29, 1.82) is 5.41 Å². The molecule has 1 aromatic carbocycles. The van der Waals surface area contributed by atoms with Crippen LogP contribution in [0.1, 0.15) is 5.56 Å². The molecule has 15 heavy (non-hydrogen) atoms. The van der Waals surface area contributed by atoms with Gasteiger partial charge in [-0.2, -0.15) is 5.10 Å². The third-order valence-electron chi connectivity index (χ3n) is 2.00. The Hall–Kier alpha value is -1.62. The minimum atomic E-state index is 0.0294. The topological polar surface area (TPSA) is 67.7 Å². The molecule has 5 heteroatoms. The molecule has 0 saturated carbocycles. The van der Waals surface area contributed by atoms with Gasteiger partial charge in [0.15, 0.2) is 0 Å². The molecule has 0 atom stereocenters. The summed E-state index contributed by atoms with van der Waals surface area (Å²) in [7, 11) is 0. The van der Waals surface area contributed by atoms with Crippen molar-refractivity contribution in [2.45, 2.75) is 0 Å². The van der Waals surface area contributed by atoms with Gasteiger partial charge in [0.2, 0.25) is 0 Å². The maximum Gasteiger partial charge on any atom is 0.125 e. The lowest BCUT2D eigenvalue weighted by Gasteiger charge is -2.08. The number of rotatable bonds is 2. The molecule has 76 valence electrons. The Balaban J connectivity index is 2.61. The number of nitrogens with one attached hydrogen (secondary N) is 1. The highest BCUT2D eigenvalue weighted by Gasteiger charge is 2.07. The summed E-state index contributed by atoms with van der Waals surface area (Å²) in [6.45, 7) is 0. The first-order valence-corrected chi connectivity index (χ1v) is 5.12. The summed E-state index contributed by atoms with van der Waals surface area (Å²) in [4.78, 5) is 0. The maximum absolute atomic E-state index is 7.49. The molecule has 0 spiro atoms. The second kappa shape index (κ2) is 3.86. The Morgan fingerprint density at radius 1 is 1.47 bits per heavy atom. The zero-order chi connectivity index (χ0) is 10.8. The lowest BCUT2D eigenvalue weighted by molar-refractivity contribution is 0.877. The Bertz CT molecular complexity index is 490. The molecule has 0 aliphatic carbocycles. The average Bonchev–Trinajstić information content (AvgIpc) is 2.70. The van der Waals surface area contributed by atoms with Crippen LogP contribution in [0.2, 0.25) is 0 Å². The number of aromatic nitrogens is 2. The number of benzene rings is 1. The Labute approximate surface area is 95.4 Å². The number of nitrogens with zero attached hydrogens (tertiary/aromatic N) is 2. The molecule has 0 aliphatic rings. The highest BCUT2D eigenvalue weighted by molar-refractivity contribution is 9.10. The largest absolute Gasteiger partial charge is 0.384 e. The molecular weight excluding hydrogens is 256 g/mol. The number of amidine groups is 1. The SMILES string of the molecule is N=C(N)c1cc(Br)ccc1-n1cccn1. The summed E-state index contributed by atoms with van der Waals surface area (Å²) in [5, 5.41) is 11.6. The summed E-state index contributed by atoms with van der Waals surface area (Å²) >= 11 is 3.35. The highest BCUT2D eigenvalue weighted by Crippen LogP contribution is 2.19. The molecule has 3 N–H and O–H groups in total. The van der Waals surface area contributed by atoms with Crippen LogP contribution in [-0.2, 0) is 0 Å². The predicted octanol–water partition coefficient (Wildman–Crippen LogP) is 1.92. The van der Waals surface area contributed by atoms with Gasteiger partial charge in [0.1, 0.15) is 5.84 Å². The zero-order valence-corrected chi connectivity index (χ0v) is 9.40. The fourth-order valence-corrected chi connectivity index (χ4v) is 1.70. The van der Waals surface area contributed by atoms with E-state index in [2.05, 4.69) is 21.0 Å². The number of hydrogen-bond acceptors (Lipinski definition) is 2. The molecule has 0 saturated heterocycles. The van der Waals surface area contributed by atoms with Gasteiger partial charge in [-0.25, -0.2) is 4.68 Å². The molecule has 0 fully saturated rings. The lowest BCUT2D eigenvalue weighted by Crippen LogP contribution is -2.15. The number of halogens is 1. The minimum absolute atomic E-state index is 0.0294. The number of hydrogen-bond donors (Lipinski definition) is 2. The standard InChI is InChI=1S/C10H9BrN4/c11-7-2-3-9(8(6-7)10(12)13)15-5-1-4-14-15/h1-6H,(H3,12,13). The van der Waals surface area contributed by atoms with Gasteiger partial charge >= 0.3 is 0 Å². The van der Waals surface area contributed by atoms with Gasteiger partial charge in [-0.05, 0) is 24.3 Å². The average molecular weight is 265 g/mol. The van der Waals surface area contributed by atoms with Crippen molar-refractivity contribution < 1.29 is 0 Å². The van der Waals surface area contributed by atoms with Crippen LogP contribution in [0.15, 0.2) is 41.1 Å². The molecule has 0 amide bonds. The van der Waals surface area contributed by atoms with Crippen molar-refractivity contribution in [2.75, 3.05) is 0 Å². The fraction of sp³-hybridized carbons (Fsp3) is 0. The summed E-state index contributed by atoms with van der Waals surface area (Å²) in [5.74, 6) is 0.0294. The van der Waals surface area contributed by atoms with E-state index >= 15 is 0 Å². The molecule has 0 aliphatic heterocycles. The second-order valence-electron chi connectivity index (χ2n) is 3.03. The number of nitrogen functional groups attached to an aromatic ring is 1. The second-order valence-corrected chi connectivity index (χ2v) is 3.94. The van der Waals surface area contributed by atoms with Crippen LogP contribution in [0.25, 0.3) is 5.69 Å². The van der Waals surface area contributed by atoms with Crippen LogP contribution in [0, 0.1) is 5.41 Å². The van der Waals surface area contributed by atoms with Gasteiger partial charge in [-0.15, -0.1) is 0 Å². The molecule has 4 nitrogen and oxygen atoms in total. The molecule has 2 rings (SSSR count). The van der Waals surface area contributed by atoms with Crippen molar-refractivity contribution in [3.63, 3.8) is 0 Å². The summed E-state index contributed by atoms with van der Waals surface area (Å²) in [5.41, 5.74) is 6.97. The van der Waals surface area contributed by atoms with E-state index in [-0.39, 0.29) is 5.84 Å². The quantitative estimate of drug-likeness (QED) is 0.643. The van der Waals surface area contributed by atoms with E-state index in [0.29, 0.717) is 5.56 Å². The van der Waals surface area contributed by atoms with E-state index in [1.165, 1.54) is 0 Å². The molecule has 2 aromatic rings. The van der Waals surface area contributed by atoms with Crippen molar-refractivity contribution in [2.24, 2.45) is 5.73 Å². The smallest absolute Gasteiger partial charge is 0.125 e. The fourth-order valence-electron chi connectivity index (χ4n) is 1.34. The van der Waals surface area contributed by atoms with Gasteiger partial charge in [-0.3, -0.25) is 5.41 Å². The zero-order valence-electron chi connectivity index (χ0n) is 7.81. The lowest BCUT2D eigenvalue weighted by atomic mass is 10.1. The van der Waals surface area contributed by atoms with Crippen LogP contribution in [0.5, 0.6) is 0 Å². The van der Waals surface area contributed by atoms with Crippen molar-refractivity contribution >= 4 is 21.8 Å². The van der Waals surface area contributed by atoms with Crippen LogP contribution in [-0.4, -0.2) is 15.6 Å². The van der Waals surface area contributed by atoms with Gasteiger partial charge in [-0.1, -0.05) is 15.9 Å². The Morgan fingerprint density at radius 2 is 2.27 bits per heavy atom. The molecule has 1 heterocycles. The highest BCUT2D eigenvalue weighted by atomic mass is 79.9. The Kier molecular flexibility index (Phi) is 2.55. The molecule has 0 bridgehead atoms. The van der Waals surface area contributed by atoms with E-state index in [1.807, 2.05) is 24.4 Å². The van der Waals surface area contributed by atoms with E-state index in [4.69, 9.17) is 11.1 Å². The van der Waals surface area contributed by atoms with Crippen LogP contribution < -0.4 is 5.73 Å². The first-order chi connectivity index (χ1) is 7.18. The first-order valence-electron chi connectivity index (χ1n) is 4.32. The maximum atomic E-state index is 7.49. The normalized spacial score (nSPS) is 10.2. The van der Waals surface area contributed by atoms with Crippen molar-refractivity contribution in [3.8, 4) is 5.69 Å². The predicted molar refractivity (Wildman–Crippen MR) is 62.3 cm³/mol. The third-order valence-corrected chi connectivity index (χ3v) is 2.49. The number of nitrogens with two attached hydrogens (primary N) is 1. The Morgan fingerprint density at radius 3 is 2.87 bits per heavy atom. The van der Waals surface area contributed by atoms with Crippen LogP contribution >= 0.6 is 15.9 Å². The van der Waals surface area contributed by atoms with Crippen molar-refractivity contribution in [1.82, 2.24) is 9.78 Å². The first kappa shape index (κ1) is 9.92.